The van der Waals surface area contributed by atoms with Crippen molar-refractivity contribution in [2.24, 2.45) is 0 Å². The molecule has 1 amide bonds. The maximum absolute atomic E-state index is 11.6. The zero-order valence-electron chi connectivity index (χ0n) is 11.1. The number of carbonyl (C=O) groups is 2. The van der Waals surface area contributed by atoms with Gasteiger partial charge in [-0.05, 0) is 32.5 Å². The molecule has 5 nitrogen and oxygen atoms in total. The largest absolute Gasteiger partial charge is 0.457 e. The van der Waals surface area contributed by atoms with E-state index >= 15 is 0 Å². The summed E-state index contributed by atoms with van der Waals surface area (Å²) in [6, 6.07) is 3.53. The van der Waals surface area contributed by atoms with Gasteiger partial charge in [-0.15, -0.1) is 0 Å². The Labute approximate surface area is 107 Å². The minimum atomic E-state index is -0.00554. The van der Waals surface area contributed by atoms with E-state index in [4.69, 9.17) is 4.42 Å². The summed E-state index contributed by atoms with van der Waals surface area (Å²) in [7, 11) is 0. The lowest BCUT2D eigenvalue weighted by atomic mass is 10.3. The summed E-state index contributed by atoms with van der Waals surface area (Å²) in [5, 5.41) is 2.84. The number of furan rings is 1. The molecule has 0 aliphatic heterocycles. The van der Waals surface area contributed by atoms with Crippen LogP contribution < -0.4 is 5.32 Å². The fraction of sp³-hybridized carbons (Fsp3) is 0.538. The number of rotatable bonds is 7. The van der Waals surface area contributed by atoms with Gasteiger partial charge in [-0.1, -0.05) is 6.92 Å². The summed E-state index contributed by atoms with van der Waals surface area (Å²) in [5.41, 5.74) is 0. The number of amides is 1. The maximum atomic E-state index is 11.6. The Morgan fingerprint density at radius 3 is 2.72 bits per heavy atom. The van der Waals surface area contributed by atoms with Gasteiger partial charge in [-0.2, -0.15) is 0 Å². The third-order valence-electron chi connectivity index (χ3n) is 2.44. The fourth-order valence-corrected chi connectivity index (χ4v) is 1.61. The van der Waals surface area contributed by atoms with Gasteiger partial charge in [0.05, 0.1) is 13.1 Å². The molecule has 1 rings (SSSR count). The summed E-state index contributed by atoms with van der Waals surface area (Å²) in [5.74, 6) is 0.998. The molecule has 0 saturated carbocycles. The van der Waals surface area contributed by atoms with Crippen LogP contribution in [0.1, 0.15) is 37.1 Å². The Hall–Kier alpha value is -1.62. The monoisotopic (exact) mass is 252 g/mol. The van der Waals surface area contributed by atoms with E-state index in [0.29, 0.717) is 30.9 Å². The van der Waals surface area contributed by atoms with Crippen LogP contribution >= 0.6 is 0 Å². The second kappa shape index (κ2) is 6.96. The van der Waals surface area contributed by atoms with Crippen LogP contribution in [0.2, 0.25) is 0 Å². The average Bonchev–Trinajstić information content (AvgIpc) is 2.74. The molecule has 1 heterocycles. The Morgan fingerprint density at radius 1 is 1.50 bits per heavy atom. The Bertz CT molecular complexity index is 399. The molecule has 0 bridgehead atoms. The number of carbonyl (C=O) groups excluding carboxylic acids is 2. The molecule has 1 aromatic heterocycles. The van der Waals surface area contributed by atoms with Crippen molar-refractivity contribution in [1.29, 1.82) is 0 Å². The third-order valence-corrected chi connectivity index (χ3v) is 2.44. The summed E-state index contributed by atoms with van der Waals surface area (Å²) in [6.45, 7) is 7.42. The van der Waals surface area contributed by atoms with Gasteiger partial charge in [0.15, 0.2) is 12.0 Å². The predicted octanol–water partition coefficient (Wildman–Crippen LogP) is 1.44. The van der Waals surface area contributed by atoms with Crippen LogP contribution in [-0.2, 0) is 11.3 Å². The molecule has 0 fully saturated rings. The van der Waals surface area contributed by atoms with Crippen molar-refractivity contribution < 1.29 is 14.0 Å². The van der Waals surface area contributed by atoms with Crippen molar-refractivity contribution in [2.75, 3.05) is 13.1 Å². The molecule has 0 radical (unpaired) electrons. The van der Waals surface area contributed by atoms with Crippen LogP contribution in [0.5, 0.6) is 0 Å². The second-order valence-corrected chi connectivity index (χ2v) is 4.45. The molecule has 0 atom stereocenters. The van der Waals surface area contributed by atoms with Gasteiger partial charge in [-0.3, -0.25) is 14.5 Å². The minimum absolute atomic E-state index is 0.00554. The van der Waals surface area contributed by atoms with Crippen molar-refractivity contribution in [3.8, 4) is 0 Å². The maximum Gasteiger partial charge on any atom is 0.234 e. The van der Waals surface area contributed by atoms with Gasteiger partial charge in [0.1, 0.15) is 5.76 Å². The molecule has 0 spiro atoms. The molecule has 0 saturated heterocycles. The SMILES string of the molecule is CCN(CC(=O)NC(C)C)Cc1ccc(C=O)o1. The van der Waals surface area contributed by atoms with Crippen molar-refractivity contribution in [2.45, 2.75) is 33.4 Å². The van der Waals surface area contributed by atoms with Gasteiger partial charge in [0, 0.05) is 6.04 Å². The van der Waals surface area contributed by atoms with E-state index in [0.717, 1.165) is 6.54 Å². The molecule has 0 aliphatic carbocycles. The molecular weight excluding hydrogens is 232 g/mol. The highest BCUT2D eigenvalue weighted by Crippen LogP contribution is 2.08. The first-order chi connectivity index (χ1) is 8.55. The molecule has 0 aliphatic rings. The first-order valence-corrected chi connectivity index (χ1v) is 6.10. The molecular formula is C13H20N2O3. The topological polar surface area (TPSA) is 62.6 Å². The van der Waals surface area contributed by atoms with Gasteiger partial charge < -0.3 is 9.73 Å². The number of nitrogens with one attached hydrogen (secondary N) is 1. The first kappa shape index (κ1) is 14.4. The highest BCUT2D eigenvalue weighted by molar-refractivity contribution is 5.78. The number of aldehydes is 1. The van der Waals surface area contributed by atoms with E-state index < -0.39 is 0 Å². The number of hydrogen-bond donors (Lipinski definition) is 1. The summed E-state index contributed by atoms with van der Waals surface area (Å²) < 4.78 is 5.29. The number of nitrogens with zero attached hydrogens (tertiary/aromatic N) is 1. The fourth-order valence-electron chi connectivity index (χ4n) is 1.61. The summed E-state index contributed by atoms with van der Waals surface area (Å²) in [4.78, 5) is 24.1. The van der Waals surface area contributed by atoms with Crippen molar-refractivity contribution in [1.82, 2.24) is 10.2 Å². The minimum Gasteiger partial charge on any atom is -0.457 e. The van der Waals surface area contributed by atoms with Gasteiger partial charge in [0.2, 0.25) is 5.91 Å². The van der Waals surface area contributed by atoms with Gasteiger partial charge >= 0.3 is 0 Å². The summed E-state index contributed by atoms with van der Waals surface area (Å²) >= 11 is 0. The number of hydrogen-bond acceptors (Lipinski definition) is 4. The molecule has 100 valence electrons. The van der Waals surface area contributed by atoms with Crippen LogP contribution in [0.15, 0.2) is 16.5 Å². The highest BCUT2D eigenvalue weighted by atomic mass is 16.3. The average molecular weight is 252 g/mol. The van der Waals surface area contributed by atoms with Crippen LogP contribution in [0.3, 0.4) is 0 Å². The predicted molar refractivity (Wildman–Crippen MR) is 68.3 cm³/mol. The summed E-state index contributed by atoms with van der Waals surface area (Å²) in [6.07, 6.45) is 0.672. The van der Waals surface area contributed by atoms with Gasteiger partial charge in [-0.25, -0.2) is 0 Å². The standard InChI is InChI=1S/C13H20N2O3/c1-4-15(8-13(17)14-10(2)3)7-11-5-6-12(9-16)18-11/h5-6,9-10H,4,7-8H2,1-3H3,(H,14,17). The zero-order valence-corrected chi connectivity index (χ0v) is 11.1. The molecule has 1 N–H and O–H groups in total. The number of likely N-dealkylation sites (N-methyl/N-ethyl adjacent to an activating group) is 1. The third kappa shape index (κ3) is 4.71. The van der Waals surface area contributed by atoms with E-state index in [1.807, 2.05) is 25.7 Å². The molecule has 1 aromatic rings. The lowest BCUT2D eigenvalue weighted by Gasteiger charge is -2.19. The van der Waals surface area contributed by atoms with Crippen molar-refractivity contribution in [3.05, 3.63) is 23.7 Å². The lowest BCUT2D eigenvalue weighted by molar-refractivity contribution is -0.122. The van der Waals surface area contributed by atoms with Crippen molar-refractivity contribution in [3.63, 3.8) is 0 Å². The Morgan fingerprint density at radius 2 is 2.22 bits per heavy atom. The first-order valence-electron chi connectivity index (χ1n) is 6.10. The second-order valence-electron chi connectivity index (χ2n) is 4.45. The van der Waals surface area contributed by atoms with E-state index in [-0.39, 0.29) is 11.9 Å². The van der Waals surface area contributed by atoms with Crippen LogP contribution in [-0.4, -0.2) is 36.2 Å². The normalized spacial score (nSPS) is 10.9. The van der Waals surface area contributed by atoms with Crippen LogP contribution in [0, 0.1) is 0 Å². The zero-order chi connectivity index (χ0) is 13.5. The van der Waals surface area contributed by atoms with Gasteiger partial charge in [0.25, 0.3) is 0 Å². The lowest BCUT2D eigenvalue weighted by Crippen LogP contribution is -2.39. The quantitative estimate of drug-likeness (QED) is 0.746. The van der Waals surface area contributed by atoms with E-state index in [9.17, 15) is 9.59 Å². The molecule has 5 heteroatoms. The van der Waals surface area contributed by atoms with E-state index in [1.54, 1.807) is 12.1 Å². The Balaban J connectivity index is 2.51. The molecule has 0 aromatic carbocycles. The van der Waals surface area contributed by atoms with Crippen LogP contribution in [0.4, 0.5) is 0 Å². The Kier molecular flexibility index (Phi) is 5.58. The van der Waals surface area contributed by atoms with Crippen LogP contribution in [0.25, 0.3) is 0 Å². The van der Waals surface area contributed by atoms with Crippen molar-refractivity contribution >= 4 is 12.2 Å². The van der Waals surface area contributed by atoms with E-state index in [1.165, 1.54) is 0 Å². The smallest absolute Gasteiger partial charge is 0.234 e. The molecule has 0 unspecified atom stereocenters. The van der Waals surface area contributed by atoms with E-state index in [2.05, 4.69) is 5.32 Å². The molecule has 18 heavy (non-hydrogen) atoms. The highest BCUT2D eigenvalue weighted by Gasteiger charge is 2.12.